The summed E-state index contributed by atoms with van der Waals surface area (Å²) in [5, 5.41) is 3.29. The van der Waals surface area contributed by atoms with Gasteiger partial charge < -0.3 is 5.32 Å². The van der Waals surface area contributed by atoms with Gasteiger partial charge in [-0.05, 0) is 56.2 Å². The Morgan fingerprint density at radius 1 is 1.20 bits per heavy atom. The number of rotatable bonds is 6. The van der Waals surface area contributed by atoms with Gasteiger partial charge in [0.15, 0.2) is 0 Å². The number of carbonyl (C=O) groups excluding carboxylic acids is 1. The quantitative estimate of drug-likeness (QED) is 0.795. The van der Waals surface area contributed by atoms with E-state index in [1.54, 1.807) is 37.3 Å². The van der Waals surface area contributed by atoms with Crippen molar-refractivity contribution in [3.8, 4) is 0 Å². The lowest BCUT2D eigenvalue weighted by Gasteiger charge is -2.13. The van der Waals surface area contributed by atoms with E-state index in [9.17, 15) is 13.2 Å². The third-order valence-electron chi connectivity index (χ3n) is 3.91. The monoisotopic (exact) mass is 380 g/mol. The second-order valence-electron chi connectivity index (χ2n) is 5.83. The average Bonchev–Trinajstić information content (AvgIpc) is 2.58. The Morgan fingerprint density at radius 2 is 1.88 bits per heavy atom. The molecule has 0 aliphatic heterocycles. The van der Waals surface area contributed by atoms with Crippen LogP contribution in [0.4, 0.5) is 5.69 Å². The van der Waals surface area contributed by atoms with Crippen molar-refractivity contribution in [2.75, 3.05) is 4.72 Å². The van der Waals surface area contributed by atoms with Gasteiger partial charge in [-0.1, -0.05) is 30.7 Å². The molecule has 1 amide bonds. The molecule has 25 heavy (non-hydrogen) atoms. The average molecular weight is 381 g/mol. The van der Waals surface area contributed by atoms with Gasteiger partial charge in [-0.2, -0.15) is 0 Å². The Labute approximate surface area is 153 Å². The maximum absolute atomic E-state index is 12.6. The lowest BCUT2D eigenvalue weighted by Crippen LogP contribution is -2.32. The van der Waals surface area contributed by atoms with Crippen LogP contribution in [0.5, 0.6) is 0 Å². The van der Waals surface area contributed by atoms with Crippen LogP contribution in [-0.4, -0.2) is 20.4 Å². The molecule has 0 aliphatic rings. The van der Waals surface area contributed by atoms with Crippen molar-refractivity contribution in [3.63, 3.8) is 0 Å². The molecular weight excluding hydrogens is 360 g/mol. The van der Waals surface area contributed by atoms with Crippen LogP contribution >= 0.6 is 11.6 Å². The molecule has 2 N–H and O–H groups in total. The minimum absolute atomic E-state index is 0.0139. The first-order valence-electron chi connectivity index (χ1n) is 7.93. The van der Waals surface area contributed by atoms with Crippen molar-refractivity contribution in [1.82, 2.24) is 5.32 Å². The van der Waals surface area contributed by atoms with Crippen LogP contribution in [0.2, 0.25) is 5.02 Å². The lowest BCUT2D eigenvalue weighted by molar-refractivity contribution is 0.0939. The summed E-state index contributed by atoms with van der Waals surface area (Å²) in [5.41, 5.74) is 1.34. The molecule has 2 aromatic carbocycles. The minimum Gasteiger partial charge on any atom is -0.350 e. The Balaban J connectivity index is 2.29. The van der Waals surface area contributed by atoms with Gasteiger partial charge in [-0.3, -0.25) is 9.52 Å². The van der Waals surface area contributed by atoms with Gasteiger partial charge in [-0.25, -0.2) is 8.42 Å². The zero-order valence-corrected chi connectivity index (χ0v) is 15.9. The fraction of sp³-hybridized carbons (Fsp3) is 0.278. The zero-order chi connectivity index (χ0) is 18.6. The molecule has 0 fully saturated rings. The van der Waals surface area contributed by atoms with Gasteiger partial charge >= 0.3 is 0 Å². The molecule has 0 aromatic heterocycles. The first kappa shape index (κ1) is 19.3. The molecule has 5 nitrogen and oxygen atoms in total. The highest BCUT2D eigenvalue weighted by atomic mass is 35.5. The number of hydrogen-bond acceptors (Lipinski definition) is 3. The second-order valence-corrected chi connectivity index (χ2v) is 7.92. The van der Waals surface area contributed by atoms with E-state index in [0.717, 1.165) is 6.42 Å². The van der Waals surface area contributed by atoms with E-state index in [1.165, 1.54) is 12.1 Å². The van der Waals surface area contributed by atoms with Crippen molar-refractivity contribution >= 4 is 33.2 Å². The highest BCUT2D eigenvalue weighted by molar-refractivity contribution is 7.92. The molecule has 0 saturated carbocycles. The van der Waals surface area contributed by atoms with Crippen LogP contribution in [0.1, 0.15) is 36.2 Å². The smallest absolute Gasteiger partial charge is 0.261 e. The van der Waals surface area contributed by atoms with Gasteiger partial charge in [0, 0.05) is 16.6 Å². The molecule has 2 rings (SSSR count). The molecule has 0 aliphatic carbocycles. The van der Waals surface area contributed by atoms with E-state index in [1.807, 2.05) is 13.8 Å². The van der Waals surface area contributed by atoms with E-state index in [0.29, 0.717) is 21.8 Å². The zero-order valence-electron chi connectivity index (χ0n) is 14.3. The normalized spacial score (nSPS) is 12.5. The first-order chi connectivity index (χ1) is 11.7. The summed E-state index contributed by atoms with van der Waals surface area (Å²) in [7, 11) is -3.83. The number of anilines is 1. The molecule has 1 atom stereocenters. The number of benzene rings is 2. The molecule has 0 spiro atoms. The molecule has 7 heteroatoms. The largest absolute Gasteiger partial charge is 0.350 e. The third-order valence-corrected chi connectivity index (χ3v) is 5.68. The Bertz CT molecular complexity index is 882. The van der Waals surface area contributed by atoms with E-state index < -0.39 is 10.0 Å². The van der Waals surface area contributed by atoms with Crippen LogP contribution < -0.4 is 10.0 Å². The van der Waals surface area contributed by atoms with Crippen molar-refractivity contribution < 1.29 is 13.2 Å². The number of nitrogens with one attached hydrogen (secondary N) is 2. The third kappa shape index (κ3) is 4.74. The standard InChI is InChI=1S/C18H21ClN2O3S/c1-4-12(2)20-18(22)14-7-5-8-15(11-14)25(23,24)21-17-10-6-9-16(19)13(17)3/h5-12,21H,4H2,1-3H3,(H,20,22). The Kier molecular flexibility index (Phi) is 6.08. The van der Waals surface area contributed by atoms with Gasteiger partial charge in [0.25, 0.3) is 15.9 Å². The molecule has 134 valence electrons. The molecular formula is C18H21ClN2O3S. The van der Waals surface area contributed by atoms with Crippen molar-refractivity contribution in [2.24, 2.45) is 0 Å². The molecule has 1 unspecified atom stereocenters. The SMILES string of the molecule is CCC(C)NC(=O)c1cccc(S(=O)(=O)Nc2cccc(Cl)c2C)c1. The summed E-state index contributed by atoms with van der Waals surface area (Å²) < 4.78 is 27.8. The minimum atomic E-state index is -3.83. The van der Waals surface area contributed by atoms with E-state index >= 15 is 0 Å². The lowest BCUT2D eigenvalue weighted by atomic mass is 10.2. The van der Waals surface area contributed by atoms with Crippen LogP contribution in [0.3, 0.4) is 0 Å². The number of sulfonamides is 1. The summed E-state index contributed by atoms with van der Waals surface area (Å²) in [6.45, 7) is 5.58. The maximum Gasteiger partial charge on any atom is 0.261 e. The summed E-state index contributed by atoms with van der Waals surface area (Å²) in [6, 6.07) is 10.9. The van der Waals surface area contributed by atoms with Crippen molar-refractivity contribution in [1.29, 1.82) is 0 Å². The molecule has 0 saturated heterocycles. The van der Waals surface area contributed by atoms with Crippen molar-refractivity contribution in [2.45, 2.75) is 38.1 Å². The van der Waals surface area contributed by atoms with Crippen LogP contribution in [-0.2, 0) is 10.0 Å². The number of carbonyl (C=O) groups is 1. The maximum atomic E-state index is 12.6. The number of halogens is 1. The topological polar surface area (TPSA) is 75.3 Å². The highest BCUT2D eigenvalue weighted by Crippen LogP contribution is 2.25. The summed E-state index contributed by atoms with van der Waals surface area (Å²) >= 11 is 6.03. The summed E-state index contributed by atoms with van der Waals surface area (Å²) in [4.78, 5) is 12.2. The van der Waals surface area contributed by atoms with Gasteiger partial charge in [0.05, 0.1) is 10.6 Å². The molecule has 2 aromatic rings. The summed E-state index contributed by atoms with van der Waals surface area (Å²) in [6.07, 6.45) is 0.791. The van der Waals surface area contributed by atoms with E-state index in [4.69, 9.17) is 11.6 Å². The van der Waals surface area contributed by atoms with Crippen molar-refractivity contribution in [3.05, 3.63) is 58.6 Å². The molecule has 0 radical (unpaired) electrons. The highest BCUT2D eigenvalue weighted by Gasteiger charge is 2.18. The van der Waals surface area contributed by atoms with Crippen LogP contribution in [0, 0.1) is 6.92 Å². The van der Waals surface area contributed by atoms with Crippen LogP contribution in [0.15, 0.2) is 47.4 Å². The fourth-order valence-electron chi connectivity index (χ4n) is 2.14. The van der Waals surface area contributed by atoms with Gasteiger partial charge in [-0.15, -0.1) is 0 Å². The predicted molar refractivity (Wildman–Crippen MR) is 101 cm³/mol. The summed E-state index contributed by atoms with van der Waals surface area (Å²) in [5.74, 6) is -0.301. The number of amides is 1. The predicted octanol–water partition coefficient (Wildman–Crippen LogP) is 3.98. The van der Waals surface area contributed by atoms with Crippen LogP contribution in [0.25, 0.3) is 0 Å². The van der Waals surface area contributed by atoms with E-state index in [-0.39, 0.29) is 16.8 Å². The van der Waals surface area contributed by atoms with Gasteiger partial charge in [0.2, 0.25) is 0 Å². The second kappa shape index (κ2) is 7.89. The number of hydrogen-bond donors (Lipinski definition) is 2. The Morgan fingerprint density at radius 3 is 2.56 bits per heavy atom. The van der Waals surface area contributed by atoms with E-state index in [2.05, 4.69) is 10.0 Å². The first-order valence-corrected chi connectivity index (χ1v) is 9.79. The Hall–Kier alpha value is -2.05. The van der Waals surface area contributed by atoms with Gasteiger partial charge in [0.1, 0.15) is 0 Å². The fourth-order valence-corrected chi connectivity index (χ4v) is 3.48. The molecule has 0 heterocycles. The molecule has 0 bridgehead atoms.